The molecule has 0 heterocycles. The SMILES string of the molecule is CCCCCCCC(=O)Cc1c(C)cc(C)c(S(=O)(=O)O)c1C. The fourth-order valence-corrected chi connectivity index (χ4v) is 4.06. The zero-order chi connectivity index (χ0) is 17.6. The van der Waals surface area contributed by atoms with Crippen LogP contribution >= 0.6 is 0 Å². The third kappa shape index (κ3) is 5.74. The summed E-state index contributed by atoms with van der Waals surface area (Å²) in [6, 6.07) is 1.72. The molecule has 1 rings (SSSR count). The van der Waals surface area contributed by atoms with Crippen molar-refractivity contribution in [2.75, 3.05) is 0 Å². The molecule has 0 saturated heterocycles. The molecule has 5 heteroatoms. The number of carbonyl (C=O) groups is 1. The Morgan fingerprint density at radius 1 is 1.04 bits per heavy atom. The highest BCUT2D eigenvalue weighted by Crippen LogP contribution is 2.27. The predicted octanol–water partition coefficient (Wildman–Crippen LogP) is 4.33. The Kier molecular flexibility index (Phi) is 7.42. The molecule has 23 heavy (non-hydrogen) atoms. The number of Topliss-reactive ketones (excluding diaryl/α,β-unsaturated/α-hetero) is 1. The highest BCUT2D eigenvalue weighted by atomic mass is 32.2. The van der Waals surface area contributed by atoms with Crippen LogP contribution < -0.4 is 0 Å². The summed E-state index contributed by atoms with van der Waals surface area (Å²) >= 11 is 0. The molecule has 0 spiro atoms. The van der Waals surface area contributed by atoms with Crippen LogP contribution in [-0.2, 0) is 21.3 Å². The minimum Gasteiger partial charge on any atom is -0.299 e. The summed E-state index contributed by atoms with van der Waals surface area (Å²) in [6.45, 7) is 7.34. The molecule has 0 atom stereocenters. The lowest BCUT2D eigenvalue weighted by atomic mass is 9.94. The summed E-state index contributed by atoms with van der Waals surface area (Å²) < 4.78 is 32.5. The van der Waals surface area contributed by atoms with Crippen molar-refractivity contribution >= 4 is 15.9 Å². The molecule has 1 aromatic carbocycles. The van der Waals surface area contributed by atoms with Gasteiger partial charge in [0.2, 0.25) is 0 Å². The van der Waals surface area contributed by atoms with Crippen molar-refractivity contribution in [1.82, 2.24) is 0 Å². The van der Waals surface area contributed by atoms with Crippen molar-refractivity contribution < 1.29 is 17.8 Å². The van der Waals surface area contributed by atoms with Gasteiger partial charge in [-0.3, -0.25) is 9.35 Å². The lowest BCUT2D eigenvalue weighted by molar-refractivity contribution is -0.118. The van der Waals surface area contributed by atoms with Crippen LogP contribution in [0, 0.1) is 20.8 Å². The summed E-state index contributed by atoms with van der Waals surface area (Å²) in [5.41, 5.74) is 2.62. The average molecular weight is 340 g/mol. The van der Waals surface area contributed by atoms with Gasteiger partial charge in [-0.15, -0.1) is 0 Å². The van der Waals surface area contributed by atoms with Crippen LogP contribution in [0.25, 0.3) is 0 Å². The number of hydrogen-bond donors (Lipinski definition) is 1. The van der Waals surface area contributed by atoms with Crippen molar-refractivity contribution in [2.24, 2.45) is 0 Å². The predicted molar refractivity (Wildman–Crippen MR) is 92.6 cm³/mol. The fourth-order valence-electron chi connectivity index (χ4n) is 3.09. The number of benzene rings is 1. The second-order valence-corrected chi connectivity index (χ2v) is 7.66. The first-order valence-corrected chi connectivity index (χ1v) is 9.71. The standard InChI is InChI=1S/C18H28O4S/c1-5-6-7-8-9-10-16(19)12-17-13(2)11-14(3)18(15(17)4)23(20,21)22/h11H,5-10,12H2,1-4H3,(H,20,21,22). The van der Waals surface area contributed by atoms with Gasteiger partial charge >= 0.3 is 0 Å². The molecule has 0 amide bonds. The van der Waals surface area contributed by atoms with Gasteiger partial charge in [0.05, 0.1) is 4.90 Å². The molecule has 4 nitrogen and oxygen atoms in total. The van der Waals surface area contributed by atoms with Gasteiger partial charge in [0.15, 0.2) is 0 Å². The average Bonchev–Trinajstić information content (AvgIpc) is 2.41. The Hall–Kier alpha value is -1.20. The fraction of sp³-hybridized carbons (Fsp3) is 0.611. The summed E-state index contributed by atoms with van der Waals surface area (Å²) in [4.78, 5) is 12.1. The maximum Gasteiger partial charge on any atom is 0.295 e. The van der Waals surface area contributed by atoms with E-state index in [1.165, 1.54) is 12.8 Å². The second-order valence-electron chi connectivity index (χ2n) is 6.30. The van der Waals surface area contributed by atoms with E-state index in [1.54, 1.807) is 19.9 Å². The lowest BCUT2D eigenvalue weighted by Crippen LogP contribution is -2.11. The second kappa shape index (κ2) is 8.60. The maximum atomic E-state index is 12.2. The monoisotopic (exact) mass is 340 g/mol. The van der Waals surface area contributed by atoms with E-state index in [0.717, 1.165) is 30.4 Å². The summed E-state index contributed by atoms with van der Waals surface area (Å²) in [5.74, 6) is 0.123. The molecular weight excluding hydrogens is 312 g/mol. The van der Waals surface area contributed by atoms with Gasteiger partial charge in [0.25, 0.3) is 10.1 Å². The van der Waals surface area contributed by atoms with Gasteiger partial charge in [-0.25, -0.2) is 0 Å². The number of hydrogen-bond acceptors (Lipinski definition) is 3. The molecule has 0 unspecified atom stereocenters. The number of ketones is 1. The summed E-state index contributed by atoms with van der Waals surface area (Å²) in [5, 5.41) is 0. The first-order valence-electron chi connectivity index (χ1n) is 8.27. The molecule has 0 aliphatic carbocycles. The van der Waals surface area contributed by atoms with Gasteiger partial charge < -0.3 is 0 Å². The van der Waals surface area contributed by atoms with Gasteiger partial charge in [0, 0.05) is 12.8 Å². The number of unbranched alkanes of at least 4 members (excludes halogenated alkanes) is 4. The van der Waals surface area contributed by atoms with E-state index >= 15 is 0 Å². The molecule has 0 fully saturated rings. The highest BCUT2D eigenvalue weighted by molar-refractivity contribution is 7.86. The number of rotatable bonds is 9. The Morgan fingerprint density at radius 2 is 1.65 bits per heavy atom. The Balaban J connectivity index is 2.87. The van der Waals surface area contributed by atoms with E-state index in [-0.39, 0.29) is 17.1 Å². The molecule has 130 valence electrons. The zero-order valence-corrected chi connectivity index (χ0v) is 15.4. The number of aryl methyl sites for hydroxylation is 2. The van der Waals surface area contributed by atoms with Gasteiger partial charge in [-0.05, 0) is 49.4 Å². The van der Waals surface area contributed by atoms with Crippen molar-refractivity contribution in [3.05, 3.63) is 28.3 Å². The zero-order valence-electron chi connectivity index (χ0n) is 14.6. The molecule has 0 radical (unpaired) electrons. The van der Waals surface area contributed by atoms with Gasteiger partial charge in [-0.1, -0.05) is 38.7 Å². The van der Waals surface area contributed by atoms with Crippen LogP contribution in [0.15, 0.2) is 11.0 Å². The van der Waals surface area contributed by atoms with Gasteiger partial charge in [0.1, 0.15) is 5.78 Å². The van der Waals surface area contributed by atoms with Crippen molar-refractivity contribution in [1.29, 1.82) is 0 Å². The topological polar surface area (TPSA) is 71.4 Å². The third-order valence-corrected chi connectivity index (χ3v) is 5.40. The van der Waals surface area contributed by atoms with E-state index in [0.29, 0.717) is 17.5 Å². The van der Waals surface area contributed by atoms with Crippen LogP contribution in [0.5, 0.6) is 0 Å². The molecule has 1 aromatic rings. The van der Waals surface area contributed by atoms with Crippen LogP contribution in [0.2, 0.25) is 0 Å². The molecule has 0 aliphatic rings. The van der Waals surface area contributed by atoms with E-state index in [9.17, 15) is 17.8 Å². The van der Waals surface area contributed by atoms with Crippen molar-refractivity contribution in [3.8, 4) is 0 Å². The molecule has 0 aromatic heterocycles. The molecule has 0 aliphatic heterocycles. The van der Waals surface area contributed by atoms with E-state index in [1.807, 2.05) is 6.92 Å². The minimum absolute atomic E-state index is 0.0613. The maximum absolute atomic E-state index is 12.2. The van der Waals surface area contributed by atoms with Gasteiger partial charge in [-0.2, -0.15) is 8.42 Å². The summed E-state index contributed by atoms with van der Waals surface area (Å²) in [7, 11) is -4.28. The molecule has 0 saturated carbocycles. The lowest BCUT2D eigenvalue weighted by Gasteiger charge is -2.15. The quantitative estimate of drug-likeness (QED) is 0.536. The largest absolute Gasteiger partial charge is 0.299 e. The van der Waals surface area contributed by atoms with Crippen molar-refractivity contribution in [3.63, 3.8) is 0 Å². The smallest absolute Gasteiger partial charge is 0.295 e. The molecule has 1 N–H and O–H groups in total. The van der Waals surface area contributed by atoms with Crippen LogP contribution in [0.3, 0.4) is 0 Å². The Labute approximate surface area is 140 Å². The van der Waals surface area contributed by atoms with E-state index < -0.39 is 10.1 Å². The first kappa shape index (κ1) is 19.8. The normalized spacial score (nSPS) is 11.7. The van der Waals surface area contributed by atoms with E-state index in [2.05, 4.69) is 6.92 Å². The number of carbonyl (C=O) groups excluding carboxylic acids is 1. The summed E-state index contributed by atoms with van der Waals surface area (Å²) in [6.07, 6.45) is 6.22. The third-order valence-electron chi connectivity index (χ3n) is 4.25. The first-order chi connectivity index (χ1) is 10.7. The Bertz CT molecular complexity index is 660. The van der Waals surface area contributed by atoms with Crippen LogP contribution in [0.1, 0.15) is 67.7 Å². The molecule has 0 bridgehead atoms. The van der Waals surface area contributed by atoms with E-state index in [4.69, 9.17) is 0 Å². The van der Waals surface area contributed by atoms with Crippen LogP contribution in [0.4, 0.5) is 0 Å². The van der Waals surface area contributed by atoms with Crippen molar-refractivity contribution in [2.45, 2.75) is 77.5 Å². The molecular formula is C18H28O4S. The highest BCUT2D eigenvalue weighted by Gasteiger charge is 2.21. The van der Waals surface area contributed by atoms with Crippen LogP contribution in [-0.4, -0.2) is 18.8 Å². The Morgan fingerprint density at radius 3 is 2.22 bits per heavy atom. The minimum atomic E-state index is -4.28.